The highest BCUT2D eigenvalue weighted by Gasteiger charge is 2.07. The number of benzene rings is 1. The van der Waals surface area contributed by atoms with Crippen LogP contribution in [0.15, 0.2) is 45.5 Å². The van der Waals surface area contributed by atoms with Gasteiger partial charge in [-0.25, -0.2) is 0 Å². The molecule has 2 N–H and O–H groups in total. The zero-order chi connectivity index (χ0) is 9.26. The summed E-state index contributed by atoms with van der Waals surface area (Å²) in [5.74, 6) is 0. The highest BCUT2D eigenvalue weighted by Crippen LogP contribution is 2.15. The zero-order valence-corrected chi connectivity index (χ0v) is 8.58. The Hall–Kier alpha value is -1.09. The van der Waals surface area contributed by atoms with Gasteiger partial charge in [0.2, 0.25) is 0 Å². The Morgan fingerprint density at radius 3 is 2.85 bits per heavy atom. The van der Waals surface area contributed by atoms with E-state index >= 15 is 0 Å². The van der Waals surface area contributed by atoms with E-state index in [2.05, 4.69) is 20.9 Å². The number of hydrogen-bond donors (Lipinski definition) is 1. The van der Waals surface area contributed by atoms with Crippen LogP contribution < -0.4 is 5.73 Å². The first kappa shape index (κ1) is 8.51. The van der Waals surface area contributed by atoms with Gasteiger partial charge in [0.05, 0.1) is 12.3 Å². The van der Waals surface area contributed by atoms with Crippen LogP contribution in [-0.4, -0.2) is 12.3 Å². The van der Waals surface area contributed by atoms with E-state index in [-0.39, 0.29) is 0 Å². The topological polar surface area (TPSA) is 38.4 Å². The number of nitrogens with zero attached hydrogens (tertiary/aromatic N) is 1. The van der Waals surface area contributed by atoms with Crippen LogP contribution in [-0.2, 0) is 0 Å². The molecule has 1 heterocycles. The van der Waals surface area contributed by atoms with Gasteiger partial charge in [0.15, 0.2) is 0 Å². The second kappa shape index (κ2) is 3.34. The smallest absolute Gasteiger partial charge is 0.0792 e. The van der Waals surface area contributed by atoms with Gasteiger partial charge in [-0.3, -0.25) is 4.99 Å². The predicted molar refractivity (Wildman–Crippen MR) is 57.8 cm³/mol. The summed E-state index contributed by atoms with van der Waals surface area (Å²) in [5.41, 5.74) is 8.54. The maximum Gasteiger partial charge on any atom is 0.0792 e. The van der Waals surface area contributed by atoms with Crippen molar-refractivity contribution in [2.45, 2.75) is 0 Å². The number of aliphatic imine (C=N–C) groups is 1. The van der Waals surface area contributed by atoms with Gasteiger partial charge >= 0.3 is 0 Å². The third-order valence-electron chi connectivity index (χ3n) is 1.87. The predicted octanol–water partition coefficient (Wildman–Crippen LogP) is 2.09. The number of halogens is 1. The lowest BCUT2D eigenvalue weighted by Gasteiger charge is -1.97. The monoisotopic (exact) mass is 236 g/mol. The lowest BCUT2D eigenvalue weighted by atomic mass is 10.1. The molecule has 0 aliphatic carbocycles. The van der Waals surface area contributed by atoms with E-state index in [1.165, 1.54) is 0 Å². The minimum absolute atomic E-state index is 0.627. The van der Waals surface area contributed by atoms with Crippen LogP contribution in [0.25, 0.3) is 0 Å². The molecule has 2 rings (SSSR count). The summed E-state index contributed by atoms with van der Waals surface area (Å²) < 4.78 is 1.06. The first-order valence-electron chi connectivity index (χ1n) is 4.02. The van der Waals surface area contributed by atoms with E-state index in [4.69, 9.17) is 5.73 Å². The van der Waals surface area contributed by atoms with Crippen molar-refractivity contribution in [3.63, 3.8) is 0 Å². The second-order valence-corrected chi connectivity index (χ2v) is 3.85. The Labute approximate surface area is 85.3 Å². The van der Waals surface area contributed by atoms with Crippen LogP contribution in [0.2, 0.25) is 0 Å². The van der Waals surface area contributed by atoms with E-state index < -0.39 is 0 Å². The second-order valence-electron chi connectivity index (χ2n) is 2.93. The van der Waals surface area contributed by atoms with Gasteiger partial charge in [0.25, 0.3) is 0 Å². The average molecular weight is 237 g/mol. The molecule has 0 fully saturated rings. The van der Waals surface area contributed by atoms with E-state index in [0.717, 1.165) is 21.4 Å². The van der Waals surface area contributed by atoms with Crippen molar-refractivity contribution in [2.24, 2.45) is 10.7 Å². The van der Waals surface area contributed by atoms with Crippen LogP contribution in [0.3, 0.4) is 0 Å². The van der Waals surface area contributed by atoms with Gasteiger partial charge in [-0.05, 0) is 18.2 Å². The van der Waals surface area contributed by atoms with Gasteiger partial charge in [-0.15, -0.1) is 0 Å². The highest BCUT2D eigenvalue weighted by atomic mass is 79.9. The molecule has 1 aromatic rings. The largest absolute Gasteiger partial charge is 0.400 e. The van der Waals surface area contributed by atoms with Crippen molar-refractivity contribution in [3.8, 4) is 0 Å². The number of nitrogens with two attached hydrogens (primary N) is 1. The lowest BCUT2D eigenvalue weighted by molar-refractivity contribution is 1.14. The molecule has 0 unspecified atom stereocenters. The van der Waals surface area contributed by atoms with Crippen LogP contribution in [0.4, 0.5) is 0 Å². The maximum atomic E-state index is 5.64. The Morgan fingerprint density at radius 2 is 2.23 bits per heavy atom. The highest BCUT2D eigenvalue weighted by molar-refractivity contribution is 9.10. The standard InChI is InChI=1S/C10H9BrN2/c11-8-3-1-2-7(4-8)10-5-9(12)6-13-10/h1-5H,6,12H2. The van der Waals surface area contributed by atoms with Crippen LogP contribution in [0.1, 0.15) is 5.56 Å². The van der Waals surface area contributed by atoms with E-state index in [0.29, 0.717) is 6.54 Å². The van der Waals surface area contributed by atoms with Crippen molar-refractivity contribution in [2.75, 3.05) is 6.54 Å². The Balaban J connectivity index is 2.37. The molecule has 0 amide bonds. The fourth-order valence-electron chi connectivity index (χ4n) is 1.27. The van der Waals surface area contributed by atoms with Crippen molar-refractivity contribution in [3.05, 3.63) is 46.1 Å². The molecule has 2 nitrogen and oxygen atoms in total. The average Bonchev–Trinajstić information content (AvgIpc) is 2.52. The summed E-state index contributed by atoms with van der Waals surface area (Å²) in [5, 5.41) is 0. The normalized spacial score (nSPS) is 15.5. The molecule has 1 aliphatic heterocycles. The van der Waals surface area contributed by atoms with Gasteiger partial charge in [0, 0.05) is 15.7 Å². The summed E-state index contributed by atoms with van der Waals surface area (Å²) in [4.78, 5) is 4.31. The molecule has 0 bridgehead atoms. The molecule has 0 saturated heterocycles. The van der Waals surface area contributed by atoms with Gasteiger partial charge in [-0.2, -0.15) is 0 Å². The molecule has 1 aliphatic rings. The molecule has 1 aromatic carbocycles. The third-order valence-corrected chi connectivity index (χ3v) is 2.37. The quantitative estimate of drug-likeness (QED) is 0.797. The summed E-state index contributed by atoms with van der Waals surface area (Å²) in [6, 6.07) is 8.04. The molecule has 3 heteroatoms. The van der Waals surface area contributed by atoms with Crippen molar-refractivity contribution in [1.29, 1.82) is 0 Å². The minimum atomic E-state index is 0.627. The lowest BCUT2D eigenvalue weighted by Crippen LogP contribution is -1.96. The summed E-state index contributed by atoms with van der Waals surface area (Å²) in [6.45, 7) is 0.627. The summed E-state index contributed by atoms with van der Waals surface area (Å²) in [7, 11) is 0. The van der Waals surface area contributed by atoms with E-state index in [1.807, 2.05) is 30.3 Å². The summed E-state index contributed by atoms with van der Waals surface area (Å²) in [6.07, 6.45) is 1.92. The molecule has 66 valence electrons. The molecule has 13 heavy (non-hydrogen) atoms. The Bertz CT molecular complexity index is 394. The van der Waals surface area contributed by atoms with Crippen LogP contribution in [0.5, 0.6) is 0 Å². The molecule has 0 aromatic heterocycles. The SMILES string of the molecule is NC1=CC(c2cccc(Br)c2)=NC1. The molecule has 0 spiro atoms. The Kier molecular flexibility index (Phi) is 2.19. The molecular weight excluding hydrogens is 228 g/mol. The fourth-order valence-corrected chi connectivity index (χ4v) is 1.67. The fraction of sp³-hybridized carbons (Fsp3) is 0.100. The maximum absolute atomic E-state index is 5.64. The third kappa shape index (κ3) is 1.80. The number of allylic oxidation sites excluding steroid dienone is 1. The molecule has 0 atom stereocenters. The summed E-state index contributed by atoms with van der Waals surface area (Å²) >= 11 is 3.42. The molecule has 0 saturated carbocycles. The van der Waals surface area contributed by atoms with Crippen molar-refractivity contribution >= 4 is 21.6 Å². The zero-order valence-electron chi connectivity index (χ0n) is 7.00. The first-order chi connectivity index (χ1) is 6.25. The van der Waals surface area contributed by atoms with Gasteiger partial charge in [0.1, 0.15) is 0 Å². The number of rotatable bonds is 1. The van der Waals surface area contributed by atoms with Crippen molar-refractivity contribution < 1.29 is 0 Å². The molecular formula is C10H9BrN2. The number of hydrogen-bond acceptors (Lipinski definition) is 2. The van der Waals surface area contributed by atoms with Crippen LogP contribution >= 0.6 is 15.9 Å². The Morgan fingerprint density at radius 1 is 1.38 bits per heavy atom. The first-order valence-corrected chi connectivity index (χ1v) is 4.81. The van der Waals surface area contributed by atoms with Gasteiger partial charge in [-0.1, -0.05) is 28.1 Å². The van der Waals surface area contributed by atoms with Crippen LogP contribution in [0, 0.1) is 0 Å². The van der Waals surface area contributed by atoms with Crippen molar-refractivity contribution in [1.82, 2.24) is 0 Å². The molecule has 0 radical (unpaired) electrons. The van der Waals surface area contributed by atoms with Gasteiger partial charge < -0.3 is 5.73 Å². The minimum Gasteiger partial charge on any atom is -0.400 e. The van der Waals surface area contributed by atoms with E-state index in [1.54, 1.807) is 0 Å². The van der Waals surface area contributed by atoms with E-state index in [9.17, 15) is 0 Å².